The summed E-state index contributed by atoms with van der Waals surface area (Å²) < 4.78 is 5.50. The van der Waals surface area contributed by atoms with Crippen LogP contribution in [-0.4, -0.2) is 13.2 Å². The zero-order valence-electron chi connectivity index (χ0n) is 15.8. The lowest BCUT2D eigenvalue weighted by Gasteiger charge is -2.04. The molecule has 1 heteroatoms. The Morgan fingerprint density at radius 2 is 0.727 bits per heavy atom. The van der Waals surface area contributed by atoms with E-state index < -0.39 is 0 Å². The van der Waals surface area contributed by atoms with Gasteiger partial charge in [0.1, 0.15) is 0 Å². The first-order valence-corrected chi connectivity index (χ1v) is 10.5. The van der Waals surface area contributed by atoms with E-state index in [0.29, 0.717) is 0 Å². The first-order chi connectivity index (χ1) is 10.9. The SMILES string of the molecule is CCCCCCCCCCCCCCCCCCOCCC. The van der Waals surface area contributed by atoms with Crippen LogP contribution in [0.5, 0.6) is 0 Å². The van der Waals surface area contributed by atoms with Crippen molar-refractivity contribution in [3.05, 3.63) is 0 Å². The van der Waals surface area contributed by atoms with Gasteiger partial charge in [-0.25, -0.2) is 0 Å². The molecule has 0 aliphatic carbocycles. The summed E-state index contributed by atoms with van der Waals surface area (Å²) in [5.41, 5.74) is 0. The van der Waals surface area contributed by atoms with Crippen LogP contribution in [0.15, 0.2) is 0 Å². The van der Waals surface area contributed by atoms with Crippen molar-refractivity contribution in [3.8, 4) is 0 Å². The molecular weight excluding hydrogens is 268 g/mol. The summed E-state index contributed by atoms with van der Waals surface area (Å²) in [6.07, 6.45) is 24.1. The van der Waals surface area contributed by atoms with Crippen LogP contribution in [0.25, 0.3) is 0 Å². The van der Waals surface area contributed by atoms with Crippen molar-refractivity contribution < 1.29 is 4.74 Å². The highest BCUT2D eigenvalue weighted by molar-refractivity contribution is 4.49. The van der Waals surface area contributed by atoms with Gasteiger partial charge in [-0.3, -0.25) is 0 Å². The maximum Gasteiger partial charge on any atom is 0.0466 e. The minimum Gasteiger partial charge on any atom is -0.381 e. The Balaban J connectivity index is 2.91. The van der Waals surface area contributed by atoms with E-state index in [4.69, 9.17) is 4.74 Å². The lowest BCUT2D eigenvalue weighted by molar-refractivity contribution is 0.130. The molecule has 0 unspecified atom stereocenters. The molecule has 0 spiro atoms. The van der Waals surface area contributed by atoms with Gasteiger partial charge in [0.2, 0.25) is 0 Å². The molecule has 0 heterocycles. The molecule has 134 valence electrons. The van der Waals surface area contributed by atoms with Gasteiger partial charge in [0.05, 0.1) is 0 Å². The molecule has 0 saturated heterocycles. The van der Waals surface area contributed by atoms with Crippen molar-refractivity contribution in [1.29, 1.82) is 0 Å². The van der Waals surface area contributed by atoms with Gasteiger partial charge in [-0.2, -0.15) is 0 Å². The van der Waals surface area contributed by atoms with Crippen molar-refractivity contribution in [3.63, 3.8) is 0 Å². The number of hydrogen-bond donors (Lipinski definition) is 0. The van der Waals surface area contributed by atoms with Crippen LogP contribution in [0.3, 0.4) is 0 Å². The van der Waals surface area contributed by atoms with Crippen LogP contribution in [-0.2, 0) is 4.74 Å². The fraction of sp³-hybridized carbons (Fsp3) is 1.00. The number of ether oxygens (including phenoxy) is 1. The number of hydrogen-bond acceptors (Lipinski definition) is 1. The van der Waals surface area contributed by atoms with Gasteiger partial charge >= 0.3 is 0 Å². The fourth-order valence-corrected chi connectivity index (χ4v) is 3.00. The third-order valence-corrected chi connectivity index (χ3v) is 4.49. The Morgan fingerprint density at radius 1 is 0.364 bits per heavy atom. The average Bonchev–Trinajstić information content (AvgIpc) is 2.54. The molecule has 0 rings (SSSR count). The molecule has 0 fully saturated rings. The lowest BCUT2D eigenvalue weighted by atomic mass is 10.0. The van der Waals surface area contributed by atoms with Crippen LogP contribution >= 0.6 is 0 Å². The maximum atomic E-state index is 5.50. The van der Waals surface area contributed by atoms with Crippen molar-refractivity contribution >= 4 is 0 Å². The average molecular weight is 313 g/mol. The molecule has 0 saturated carbocycles. The second-order valence-electron chi connectivity index (χ2n) is 6.92. The molecule has 0 aromatic heterocycles. The molecular formula is C21H44O. The third-order valence-electron chi connectivity index (χ3n) is 4.49. The zero-order chi connectivity index (χ0) is 16.1. The second-order valence-corrected chi connectivity index (χ2v) is 6.92. The third kappa shape index (κ3) is 20.0. The summed E-state index contributed by atoms with van der Waals surface area (Å²) >= 11 is 0. The topological polar surface area (TPSA) is 9.23 Å². The Kier molecular flexibility index (Phi) is 20.9. The van der Waals surface area contributed by atoms with Crippen LogP contribution in [0, 0.1) is 0 Å². The monoisotopic (exact) mass is 312 g/mol. The standard InChI is InChI=1S/C21H44O/c1-3-5-6-7-8-9-10-11-12-13-14-15-16-17-18-19-21-22-20-4-2/h3-21H2,1-2H3. The molecule has 0 aliphatic heterocycles. The molecule has 0 N–H and O–H groups in total. The molecule has 0 atom stereocenters. The van der Waals surface area contributed by atoms with Gasteiger partial charge in [-0.15, -0.1) is 0 Å². The summed E-state index contributed by atoms with van der Waals surface area (Å²) in [5.74, 6) is 0. The smallest absolute Gasteiger partial charge is 0.0466 e. The van der Waals surface area contributed by atoms with Gasteiger partial charge in [-0.05, 0) is 12.8 Å². The molecule has 0 radical (unpaired) electrons. The van der Waals surface area contributed by atoms with Crippen molar-refractivity contribution in [2.45, 2.75) is 123 Å². The van der Waals surface area contributed by atoms with Gasteiger partial charge in [0.15, 0.2) is 0 Å². The first kappa shape index (κ1) is 22.0. The van der Waals surface area contributed by atoms with E-state index in [9.17, 15) is 0 Å². The Morgan fingerprint density at radius 3 is 1.09 bits per heavy atom. The first-order valence-electron chi connectivity index (χ1n) is 10.5. The van der Waals surface area contributed by atoms with E-state index in [1.807, 2.05) is 0 Å². The van der Waals surface area contributed by atoms with Crippen LogP contribution in [0.1, 0.15) is 123 Å². The lowest BCUT2D eigenvalue weighted by Crippen LogP contribution is -1.95. The van der Waals surface area contributed by atoms with E-state index in [-0.39, 0.29) is 0 Å². The molecule has 0 aromatic carbocycles. The molecule has 0 amide bonds. The predicted octanol–water partition coefficient (Wildman–Crippen LogP) is 7.67. The van der Waals surface area contributed by atoms with Gasteiger partial charge in [-0.1, -0.05) is 110 Å². The normalized spacial score (nSPS) is 11.2. The Hall–Kier alpha value is -0.0400. The minimum atomic E-state index is 0.943. The zero-order valence-corrected chi connectivity index (χ0v) is 15.8. The van der Waals surface area contributed by atoms with Gasteiger partial charge < -0.3 is 4.74 Å². The van der Waals surface area contributed by atoms with Crippen LogP contribution < -0.4 is 0 Å². The highest BCUT2D eigenvalue weighted by Gasteiger charge is 1.94. The number of unbranched alkanes of at least 4 members (excludes halogenated alkanes) is 15. The molecule has 0 bridgehead atoms. The van der Waals surface area contributed by atoms with Crippen molar-refractivity contribution in [2.24, 2.45) is 0 Å². The van der Waals surface area contributed by atoms with E-state index in [1.54, 1.807) is 0 Å². The summed E-state index contributed by atoms with van der Waals surface area (Å²) in [6.45, 7) is 6.39. The Labute approximate surface area is 141 Å². The van der Waals surface area contributed by atoms with Crippen LogP contribution in [0.2, 0.25) is 0 Å². The largest absolute Gasteiger partial charge is 0.381 e. The molecule has 0 aliphatic rings. The van der Waals surface area contributed by atoms with E-state index in [2.05, 4.69) is 13.8 Å². The summed E-state index contributed by atoms with van der Waals surface area (Å²) in [5, 5.41) is 0. The highest BCUT2D eigenvalue weighted by atomic mass is 16.5. The van der Waals surface area contributed by atoms with Crippen LogP contribution in [0.4, 0.5) is 0 Å². The molecule has 22 heavy (non-hydrogen) atoms. The minimum absolute atomic E-state index is 0.943. The predicted molar refractivity (Wildman–Crippen MR) is 101 cm³/mol. The molecule has 0 aromatic rings. The quantitative estimate of drug-likeness (QED) is 0.222. The van der Waals surface area contributed by atoms with Gasteiger partial charge in [0.25, 0.3) is 0 Å². The summed E-state index contributed by atoms with van der Waals surface area (Å²) in [7, 11) is 0. The summed E-state index contributed by atoms with van der Waals surface area (Å²) in [6, 6.07) is 0. The summed E-state index contributed by atoms with van der Waals surface area (Å²) in [4.78, 5) is 0. The maximum absolute atomic E-state index is 5.50. The van der Waals surface area contributed by atoms with Gasteiger partial charge in [0, 0.05) is 13.2 Å². The van der Waals surface area contributed by atoms with Crippen molar-refractivity contribution in [1.82, 2.24) is 0 Å². The Bertz CT molecular complexity index is 159. The van der Waals surface area contributed by atoms with Crippen molar-refractivity contribution in [2.75, 3.05) is 13.2 Å². The fourth-order valence-electron chi connectivity index (χ4n) is 3.00. The van der Waals surface area contributed by atoms with E-state index in [1.165, 1.54) is 103 Å². The van der Waals surface area contributed by atoms with E-state index in [0.717, 1.165) is 19.6 Å². The number of rotatable bonds is 19. The highest BCUT2D eigenvalue weighted by Crippen LogP contribution is 2.13. The molecule has 1 nitrogen and oxygen atoms in total. The second kappa shape index (κ2) is 21.0. The van der Waals surface area contributed by atoms with E-state index >= 15 is 0 Å².